The lowest BCUT2D eigenvalue weighted by Gasteiger charge is -2.51. The molecule has 3 heteroatoms. The van der Waals surface area contributed by atoms with E-state index in [1.165, 1.54) is 44.9 Å². The molecule has 0 bridgehead atoms. The van der Waals surface area contributed by atoms with E-state index in [2.05, 4.69) is 31.4 Å². The van der Waals surface area contributed by atoms with E-state index in [0.717, 1.165) is 19.1 Å². The molecule has 1 aliphatic carbocycles. The van der Waals surface area contributed by atoms with Gasteiger partial charge in [0.2, 0.25) is 0 Å². The van der Waals surface area contributed by atoms with Gasteiger partial charge in [-0.1, -0.05) is 19.3 Å². The molecular weight excluding hydrogens is 224 g/mol. The first-order valence-corrected chi connectivity index (χ1v) is 7.63. The molecule has 2 aliphatic rings. The average Bonchev–Trinajstić information content (AvgIpc) is 2.41. The Balaban J connectivity index is 2.15. The number of ether oxygens (including phenoxy) is 1. The second-order valence-electron chi connectivity index (χ2n) is 6.27. The van der Waals surface area contributed by atoms with Crippen LogP contribution in [0.2, 0.25) is 0 Å². The zero-order valence-corrected chi connectivity index (χ0v) is 12.4. The molecule has 0 spiro atoms. The van der Waals surface area contributed by atoms with Gasteiger partial charge in [0.1, 0.15) is 0 Å². The van der Waals surface area contributed by atoms with Crippen molar-refractivity contribution < 1.29 is 4.74 Å². The standard InChI is InChI=1S/C15H30N2O/c1-16-14(13-7-11-18-12-8-13)15(17(2)3)9-5-4-6-10-15/h13-14,16H,4-12H2,1-3H3. The van der Waals surface area contributed by atoms with E-state index >= 15 is 0 Å². The SMILES string of the molecule is CNC(C1CCOCC1)C1(N(C)C)CCCCC1. The number of likely N-dealkylation sites (N-methyl/N-ethyl adjacent to an activating group) is 2. The molecule has 1 unspecified atom stereocenters. The molecule has 18 heavy (non-hydrogen) atoms. The van der Waals surface area contributed by atoms with Crippen LogP contribution < -0.4 is 5.32 Å². The van der Waals surface area contributed by atoms with Crippen molar-refractivity contribution in [2.75, 3.05) is 34.4 Å². The van der Waals surface area contributed by atoms with Gasteiger partial charge in [-0.05, 0) is 52.7 Å². The second kappa shape index (κ2) is 6.36. The number of nitrogens with zero attached hydrogens (tertiary/aromatic N) is 1. The van der Waals surface area contributed by atoms with Gasteiger partial charge in [-0.2, -0.15) is 0 Å². The van der Waals surface area contributed by atoms with Crippen LogP contribution in [-0.4, -0.2) is 50.8 Å². The van der Waals surface area contributed by atoms with Gasteiger partial charge < -0.3 is 15.0 Å². The molecule has 2 fully saturated rings. The zero-order chi connectivity index (χ0) is 13.0. The van der Waals surface area contributed by atoms with Gasteiger partial charge in [-0.25, -0.2) is 0 Å². The van der Waals surface area contributed by atoms with Crippen molar-refractivity contribution >= 4 is 0 Å². The molecule has 1 atom stereocenters. The van der Waals surface area contributed by atoms with E-state index < -0.39 is 0 Å². The Morgan fingerprint density at radius 2 is 1.72 bits per heavy atom. The van der Waals surface area contributed by atoms with Gasteiger partial charge in [0.25, 0.3) is 0 Å². The van der Waals surface area contributed by atoms with Crippen molar-refractivity contribution in [2.24, 2.45) is 5.92 Å². The molecule has 2 rings (SSSR count). The Kier molecular flexibility index (Phi) is 5.05. The van der Waals surface area contributed by atoms with Gasteiger partial charge in [0.15, 0.2) is 0 Å². The molecule has 1 heterocycles. The van der Waals surface area contributed by atoms with Crippen LogP contribution in [0.1, 0.15) is 44.9 Å². The Hall–Kier alpha value is -0.120. The Bertz CT molecular complexity index is 243. The minimum Gasteiger partial charge on any atom is -0.381 e. The maximum Gasteiger partial charge on any atom is 0.0469 e. The van der Waals surface area contributed by atoms with E-state index in [0.29, 0.717) is 11.6 Å². The molecule has 1 N–H and O–H groups in total. The van der Waals surface area contributed by atoms with Gasteiger partial charge in [-0.15, -0.1) is 0 Å². The third kappa shape index (κ3) is 2.73. The summed E-state index contributed by atoms with van der Waals surface area (Å²) in [5.74, 6) is 0.782. The molecule has 1 saturated carbocycles. The fourth-order valence-corrected chi connectivity index (χ4v) is 4.19. The summed E-state index contributed by atoms with van der Waals surface area (Å²) >= 11 is 0. The highest BCUT2D eigenvalue weighted by Crippen LogP contribution is 2.39. The Morgan fingerprint density at radius 1 is 1.11 bits per heavy atom. The summed E-state index contributed by atoms with van der Waals surface area (Å²) in [5, 5.41) is 3.67. The molecule has 1 saturated heterocycles. The Labute approximate surface area is 112 Å². The van der Waals surface area contributed by atoms with Crippen LogP contribution in [0.5, 0.6) is 0 Å². The van der Waals surface area contributed by atoms with Crippen LogP contribution in [0.3, 0.4) is 0 Å². The summed E-state index contributed by atoms with van der Waals surface area (Å²) in [6, 6.07) is 0.622. The number of nitrogens with one attached hydrogen (secondary N) is 1. The smallest absolute Gasteiger partial charge is 0.0469 e. The minimum absolute atomic E-state index is 0.370. The van der Waals surface area contributed by atoms with E-state index in [1.54, 1.807) is 0 Å². The molecule has 0 aromatic heterocycles. The molecule has 0 amide bonds. The van der Waals surface area contributed by atoms with Crippen LogP contribution in [-0.2, 0) is 4.74 Å². The molecule has 0 radical (unpaired) electrons. The highest BCUT2D eigenvalue weighted by Gasteiger charge is 2.44. The van der Waals surface area contributed by atoms with Crippen molar-refractivity contribution in [3.8, 4) is 0 Å². The van der Waals surface area contributed by atoms with E-state index in [4.69, 9.17) is 4.74 Å². The van der Waals surface area contributed by atoms with E-state index in [1.807, 2.05) is 0 Å². The van der Waals surface area contributed by atoms with Crippen molar-refractivity contribution in [3.63, 3.8) is 0 Å². The molecule has 106 valence electrons. The predicted molar refractivity (Wildman–Crippen MR) is 75.9 cm³/mol. The fourth-order valence-electron chi connectivity index (χ4n) is 4.19. The number of hydrogen-bond donors (Lipinski definition) is 1. The normalized spacial score (nSPS) is 27.3. The summed E-state index contributed by atoms with van der Waals surface area (Å²) in [6.45, 7) is 1.90. The van der Waals surface area contributed by atoms with Crippen LogP contribution in [0.25, 0.3) is 0 Å². The highest BCUT2D eigenvalue weighted by molar-refractivity contribution is 5.03. The van der Waals surface area contributed by atoms with E-state index in [9.17, 15) is 0 Å². The maximum atomic E-state index is 5.53. The van der Waals surface area contributed by atoms with Gasteiger partial charge in [0.05, 0.1) is 0 Å². The van der Waals surface area contributed by atoms with Crippen molar-refractivity contribution in [2.45, 2.75) is 56.5 Å². The lowest BCUT2D eigenvalue weighted by atomic mass is 9.69. The van der Waals surface area contributed by atoms with Gasteiger partial charge in [-0.3, -0.25) is 0 Å². The summed E-state index contributed by atoms with van der Waals surface area (Å²) in [5.41, 5.74) is 0.370. The highest BCUT2D eigenvalue weighted by atomic mass is 16.5. The van der Waals surface area contributed by atoms with Crippen molar-refractivity contribution in [1.29, 1.82) is 0 Å². The number of rotatable bonds is 4. The number of hydrogen-bond acceptors (Lipinski definition) is 3. The largest absolute Gasteiger partial charge is 0.381 e. The molecule has 3 nitrogen and oxygen atoms in total. The summed E-state index contributed by atoms with van der Waals surface area (Å²) < 4.78 is 5.53. The van der Waals surface area contributed by atoms with Crippen molar-refractivity contribution in [3.05, 3.63) is 0 Å². The fraction of sp³-hybridized carbons (Fsp3) is 1.00. The van der Waals surface area contributed by atoms with Crippen LogP contribution in [0.4, 0.5) is 0 Å². The van der Waals surface area contributed by atoms with Crippen LogP contribution >= 0.6 is 0 Å². The Morgan fingerprint density at radius 3 is 2.22 bits per heavy atom. The predicted octanol–water partition coefficient (Wildman–Crippen LogP) is 2.27. The summed E-state index contributed by atoms with van der Waals surface area (Å²) in [4.78, 5) is 2.50. The topological polar surface area (TPSA) is 24.5 Å². The first-order chi connectivity index (χ1) is 8.70. The first-order valence-electron chi connectivity index (χ1n) is 7.63. The average molecular weight is 254 g/mol. The lowest BCUT2D eigenvalue weighted by Crippen LogP contribution is -2.62. The molecule has 0 aromatic rings. The second-order valence-corrected chi connectivity index (χ2v) is 6.27. The zero-order valence-electron chi connectivity index (χ0n) is 12.4. The van der Waals surface area contributed by atoms with Crippen LogP contribution in [0.15, 0.2) is 0 Å². The monoisotopic (exact) mass is 254 g/mol. The summed E-state index contributed by atoms with van der Waals surface area (Å²) in [6.07, 6.45) is 9.34. The van der Waals surface area contributed by atoms with Gasteiger partial charge >= 0.3 is 0 Å². The van der Waals surface area contributed by atoms with Crippen LogP contribution in [0, 0.1) is 5.92 Å². The lowest BCUT2D eigenvalue weighted by molar-refractivity contribution is -0.00640. The summed E-state index contributed by atoms with van der Waals surface area (Å²) in [7, 11) is 6.70. The minimum atomic E-state index is 0.370. The quantitative estimate of drug-likeness (QED) is 0.833. The molecule has 1 aliphatic heterocycles. The molecule has 0 aromatic carbocycles. The van der Waals surface area contributed by atoms with Crippen molar-refractivity contribution in [1.82, 2.24) is 10.2 Å². The third-order valence-corrected chi connectivity index (χ3v) is 5.24. The van der Waals surface area contributed by atoms with Gasteiger partial charge in [0, 0.05) is 24.8 Å². The maximum absolute atomic E-state index is 5.53. The first kappa shape index (κ1) is 14.3. The third-order valence-electron chi connectivity index (χ3n) is 5.24. The van der Waals surface area contributed by atoms with E-state index in [-0.39, 0.29) is 0 Å². The molecular formula is C15H30N2O.